The van der Waals surface area contributed by atoms with Crippen LogP contribution in [0.15, 0.2) is 34.2 Å². The normalized spacial score (nSPS) is 17.7. The van der Waals surface area contributed by atoms with E-state index >= 15 is 0 Å². The third-order valence-corrected chi connectivity index (χ3v) is 7.35. The van der Waals surface area contributed by atoms with Gasteiger partial charge in [-0.25, -0.2) is 9.78 Å². The number of piperidine rings is 1. The Labute approximate surface area is 198 Å². The average Bonchev–Trinajstić information content (AvgIpc) is 3.13. The number of rotatable bonds is 5. The summed E-state index contributed by atoms with van der Waals surface area (Å²) in [6.45, 7) is 4.81. The zero-order chi connectivity index (χ0) is 23.2. The van der Waals surface area contributed by atoms with E-state index < -0.39 is 0 Å². The highest BCUT2D eigenvalue weighted by molar-refractivity contribution is 7.99. The zero-order valence-electron chi connectivity index (χ0n) is 19.2. The van der Waals surface area contributed by atoms with E-state index in [4.69, 9.17) is 9.72 Å². The number of likely N-dealkylation sites (tertiary alicyclic amines) is 2. The van der Waals surface area contributed by atoms with Crippen molar-refractivity contribution < 1.29 is 14.3 Å². The molecule has 2 aromatic rings. The molecule has 178 valence electrons. The van der Waals surface area contributed by atoms with Gasteiger partial charge in [0.05, 0.1) is 23.3 Å². The Morgan fingerprint density at radius 2 is 1.73 bits per heavy atom. The van der Waals surface area contributed by atoms with E-state index in [1.54, 1.807) is 22.5 Å². The molecule has 0 spiro atoms. The van der Waals surface area contributed by atoms with Gasteiger partial charge < -0.3 is 14.5 Å². The Balaban J connectivity index is 1.55. The van der Waals surface area contributed by atoms with Crippen LogP contribution in [0, 0.1) is 0 Å². The number of benzene rings is 1. The van der Waals surface area contributed by atoms with Gasteiger partial charge in [-0.1, -0.05) is 36.7 Å². The van der Waals surface area contributed by atoms with E-state index in [1.807, 2.05) is 23.1 Å². The predicted molar refractivity (Wildman–Crippen MR) is 129 cm³/mol. The lowest BCUT2D eigenvalue weighted by molar-refractivity contribution is -0.128. The number of hydrogen-bond acceptors (Lipinski definition) is 6. The summed E-state index contributed by atoms with van der Waals surface area (Å²) in [4.78, 5) is 46.8. The molecule has 0 unspecified atom stereocenters. The summed E-state index contributed by atoms with van der Waals surface area (Å²) in [6, 6.07) is 7.27. The van der Waals surface area contributed by atoms with Crippen LogP contribution >= 0.6 is 11.8 Å². The molecule has 0 bridgehead atoms. The molecule has 2 amide bonds. The van der Waals surface area contributed by atoms with Crippen LogP contribution in [0.25, 0.3) is 10.9 Å². The minimum absolute atomic E-state index is 0.0731. The van der Waals surface area contributed by atoms with Crippen molar-refractivity contribution in [2.24, 2.45) is 0 Å². The summed E-state index contributed by atoms with van der Waals surface area (Å²) in [7, 11) is 0. The predicted octanol–water partition coefficient (Wildman–Crippen LogP) is 3.68. The van der Waals surface area contributed by atoms with Crippen molar-refractivity contribution in [1.82, 2.24) is 19.4 Å². The van der Waals surface area contributed by atoms with Gasteiger partial charge in [-0.2, -0.15) is 0 Å². The molecule has 0 atom stereocenters. The topological polar surface area (TPSA) is 84.7 Å². The molecule has 0 saturated carbocycles. The Morgan fingerprint density at radius 1 is 1.03 bits per heavy atom. The first-order valence-corrected chi connectivity index (χ1v) is 12.9. The third-order valence-electron chi connectivity index (χ3n) is 6.41. The Kier molecular flexibility index (Phi) is 7.90. The average molecular weight is 473 g/mol. The second-order valence-electron chi connectivity index (χ2n) is 8.59. The minimum Gasteiger partial charge on any atom is -0.450 e. The van der Waals surface area contributed by atoms with E-state index in [2.05, 4.69) is 0 Å². The van der Waals surface area contributed by atoms with E-state index in [0.29, 0.717) is 48.6 Å². The standard InChI is InChI=1S/C24H32N4O4S/c1-2-32-24(31)27-15-11-18(12-16-27)28-22(30)19-9-5-6-10-20(19)25-23(28)33-17-21(29)26-13-7-3-4-8-14-26/h5-6,9-10,18H,2-4,7-8,11-17H2,1H3. The molecule has 2 fully saturated rings. The minimum atomic E-state index is -0.308. The smallest absolute Gasteiger partial charge is 0.409 e. The summed E-state index contributed by atoms with van der Waals surface area (Å²) in [5, 5.41) is 1.16. The van der Waals surface area contributed by atoms with E-state index in [-0.39, 0.29) is 29.4 Å². The number of carbonyl (C=O) groups is 2. The number of thioether (sulfide) groups is 1. The Morgan fingerprint density at radius 3 is 2.42 bits per heavy atom. The van der Waals surface area contributed by atoms with Crippen LogP contribution in [0.4, 0.5) is 4.79 Å². The molecular formula is C24H32N4O4S. The number of carbonyl (C=O) groups excluding carboxylic acids is 2. The summed E-state index contributed by atoms with van der Waals surface area (Å²) < 4.78 is 6.87. The number of amides is 2. The maximum atomic E-state index is 13.5. The van der Waals surface area contributed by atoms with Crippen LogP contribution in [0.5, 0.6) is 0 Å². The molecule has 1 aromatic carbocycles. The van der Waals surface area contributed by atoms with Crippen molar-refractivity contribution in [1.29, 1.82) is 0 Å². The second kappa shape index (κ2) is 11.0. The molecule has 9 heteroatoms. The van der Waals surface area contributed by atoms with Crippen molar-refractivity contribution in [3.63, 3.8) is 0 Å². The van der Waals surface area contributed by atoms with Crippen molar-refractivity contribution in [3.8, 4) is 0 Å². The molecule has 33 heavy (non-hydrogen) atoms. The first kappa shape index (κ1) is 23.6. The second-order valence-corrected chi connectivity index (χ2v) is 9.53. The number of fused-ring (bicyclic) bond motifs is 1. The number of nitrogens with zero attached hydrogens (tertiary/aromatic N) is 4. The third kappa shape index (κ3) is 5.51. The van der Waals surface area contributed by atoms with Gasteiger partial charge in [0.15, 0.2) is 5.16 Å². The first-order chi connectivity index (χ1) is 16.1. The van der Waals surface area contributed by atoms with Gasteiger partial charge in [0, 0.05) is 32.2 Å². The largest absolute Gasteiger partial charge is 0.450 e. The van der Waals surface area contributed by atoms with Crippen molar-refractivity contribution >= 4 is 34.7 Å². The van der Waals surface area contributed by atoms with E-state index in [1.165, 1.54) is 24.6 Å². The molecule has 0 N–H and O–H groups in total. The highest BCUT2D eigenvalue weighted by Gasteiger charge is 2.28. The fourth-order valence-electron chi connectivity index (χ4n) is 4.61. The van der Waals surface area contributed by atoms with Gasteiger partial charge in [0.1, 0.15) is 0 Å². The summed E-state index contributed by atoms with van der Waals surface area (Å²) in [5.74, 6) is 0.375. The van der Waals surface area contributed by atoms with Crippen LogP contribution < -0.4 is 5.56 Å². The van der Waals surface area contributed by atoms with Crippen molar-refractivity contribution in [2.45, 2.75) is 56.6 Å². The first-order valence-electron chi connectivity index (χ1n) is 11.9. The van der Waals surface area contributed by atoms with Gasteiger partial charge in [0.2, 0.25) is 5.91 Å². The number of para-hydroxylation sites is 1. The molecule has 0 aliphatic carbocycles. The lowest BCUT2D eigenvalue weighted by atomic mass is 10.0. The van der Waals surface area contributed by atoms with Gasteiger partial charge in [-0.15, -0.1) is 0 Å². The molecule has 8 nitrogen and oxygen atoms in total. The monoisotopic (exact) mass is 472 g/mol. The molecule has 3 heterocycles. The summed E-state index contributed by atoms with van der Waals surface area (Å²) in [5.41, 5.74) is 0.562. The lowest BCUT2D eigenvalue weighted by Gasteiger charge is -2.33. The zero-order valence-corrected chi connectivity index (χ0v) is 20.0. The Bertz CT molecular complexity index is 1040. The maximum absolute atomic E-state index is 13.5. The quantitative estimate of drug-likeness (QED) is 0.488. The van der Waals surface area contributed by atoms with Crippen LogP contribution in [0.3, 0.4) is 0 Å². The molecule has 2 aliphatic heterocycles. The summed E-state index contributed by atoms with van der Waals surface area (Å²) in [6.07, 6.45) is 5.43. The number of aromatic nitrogens is 2. The number of hydrogen-bond donors (Lipinski definition) is 0. The van der Waals surface area contributed by atoms with Gasteiger partial charge in [0.25, 0.3) is 5.56 Å². The highest BCUT2D eigenvalue weighted by Crippen LogP contribution is 2.28. The molecule has 4 rings (SSSR count). The SMILES string of the molecule is CCOC(=O)N1CCC(n2c(SCC(=O)N3CCCCCC3)nc3ccccc3c2=O)CC1. The molecule has 2 aliphatic rings. The van der Waals surface area contributed by atoms with Gasteiger partial charge in [-0.3, -0.25) is 14.2 Å². The van der Waals surface area contributed by atoms with Crippen molar-refractivity contribution in [3.05, 3.63) is 34.6 Å². The number of ether oxygens (including phenoxy) is 1. The van der Waals surface area contributed by atoms with Crippen LogP contribution in [0.1, 0.15) is 51.5 Å². The van der Waals surface area contributed by atoms with Crippen molar-refractivity contribution in [2.75, 3.05) is 38.5 Å². The van der Waals surface area contributed by atoms with Crippen LogP contribution in [-0.4, -0.2) is 69.9 Å². The highest BCUT2D eigenvalue weighted by atomic mass is 32.2. The molecule has 0 radical (unpaired) electrons. The Hall–Kier alpha value is -2.55. The fraction of sp³-hybridized carbons (Fsp3) is 0.583. The summed E-state index contributed by atoms with van der Waals surface area (Å²) >= 11 is 1.35. The maximum Gasteiger partial charge on any atom is 0.409 e. The van der Waals surface area contributed by atoms with E-state index in [9.17, 15) is 14.4 Å². The van der Waals surface area contributed by atoms with E-state index in [0.717, 1.165) is 25.9 Å². The molecular weight excluding hydrogens is 440 g/mol. The molecule has 1 aromatic heterocycles. The molecule has 2 saturated heterocycles. The van der Waals surface area contributed by atoms with Gasteiger partial charge in [-0.05, 0) is 44.7 Å². The van der Waals surface area contributed by atoms with Crippen LogP contribution in [0.2, 0.25) is 0 Å². The lowest BCUT2D eigenvalue weighted by Crippen LogP contribution is -2.41. The van der Waals surface area contributed by atoms with Crippen LogP contribution in [-0.2, 0) is 9.53 Å². The fourth-order valence-corrected chi connectivity index (χ4v) is 5.58. The van der Waals surface area contributed by atoms with Gasteiger partial charge >= 0.3 is 6.09 Å².